The summed E-state index contributed by atoms with van der Waals surface area (Å²) in [5.74, 6) is 1.36. The van der Waals surface area contributed by atoms with E-state index in [1.165, 1.54) is 36.3 Å². The first-order chi connectivity index (χ1) is 7.90. The maximum Gasteiger partial charge on any atom is 0.0234 e. The Morgan fingerprint density at radius 3 is 3.06 bits per heavy atom. The summed E-state index contributed by atoms with van der Waals surface area (Å²) < 4.78 is 0. The van der Waals surface area contributed by atoms with Crippen LogP contribution in [0.5, 0.6) is 0 Å². The molecule has 1 aliphatic heterocycles. The van der Waals surface area contributed by atoms with Gasteiger partial charge in [0.15, 0.2) is 0 Å². The third-order valence-electron chi connectivity index (χ3n) is 3.13. The number of rotatable bonds is 5. The SMILES string of the molecule is CCNC(Cc1cccs1)C1CCCCS1. The van der Waals surface area contributed by atoms with E-state index in [1.54, 1.807) is 0 Å². The summed E-state index contributed by atoms with van der Waals surface area (Å²) in [4.78, 5) is 1.53. The summed E-state index contributed by atoms with van der Waals surface area (Å²) in [7, 11) is 0. The van der Waals surface area contributed by atoms with Gasteiger partial charge in [-0.2, -0.15) is 11.8 Å². The van der Waals surface area contributed by atoms with Crippen molar-refractivity contribution in [1.82, 2.24) is 5.32 Å². The van der Waals surface area contributed by atoms with E-state index in [4.69, 9.17) is 0 Å². The first kappa shape index (κ1) is 12.5. The van der Waals surface area contributed by atoms with Crippen molar-refractivity contribution in [1.29, 1.82) is 0 Å². The van der Waals surface area contributed by atoms with E-state index < -0.39 is 0 Å². The maximum absolute atomic E-state index is 3.68. The molecule has 2 unspecified atom stereocenters. The van der Waals surface area contributed by atoms with Crippen LogP contribution in [0, 0.1) is 0 Å². The first-order valence-corrected chi connectivity index (χ1v) is 8.20. The second kappa shape index (κ2) is 6.67. The molecule has 2 rings (SSSR count). The highest BCUT2D eigenvalue weighted by atomic mass is 32.2. The molecule has 1 fully saturated rings. The lowest BCUT2D eigenvalue weighted by atomic mass is 10.0. The van der Waals surface area contributed by atoms with Crippen molar-refractivity contribution >= 4 is 23.1 Å². The van der Waals surface area contributed by atoms with Gasteiger partial charge in [-0.3, -0.25) is 0 Å². The van der Waals surface area contributed by atoms with Gasteiger partial charge >= 0.3 is 0 Å². The summed E-state index contributed by atoms with van der Waals surface area (Å²) in [5, 5.41) is 6.69. The van der Waals surface area contributed by atoms with Crippen LogP contribution in [0.2, 0.25) is 0 Å². The third kappa shape index (κ3) is 3.51. The van der Waals surface area contributed by atoms with Gasteiger partial charge in [0.2, 0.25) is 0 Å². The van der Waals surface area contributed by atoms with E-state index in [1.807, 2.05) is 11.3 Å². The molecular weight excluding hydrogens is 234 g/mol. The van der Waals surface area contributed by atoms with Crippen molar-refractivity contribution in [2.45, 2.75) is 43.9 Å². The largest absolute Gasteiger partial charge is 0.313 e. The van der Waals surface area contributed by atoms with Crippen LogP contribution in [0.15, 0.2) is 17.5 Å². The molecule has 1 aliphatic rings. The molecule has 0 radical (unpaired) electrons. The lowest BCUT2D eigenvalue weighted by Gasteiger charge is -2.30. The van der Waals surface area contributed by atoms with Gasteiger partial charge in [-0.1, -0.05) is 19.4 Å². The number of nitrogens with one attached hydrogen (secondary N) is 1. The van der Waals surface area contributed by atoms with Crippen molar-refractivity contribution in [2.24, 2.45) is 0 Å². The lowest BCUT2D eigenvalue weighted by molar-refractivity contribution is 0.474. The highest BCUT2D eigenvalue weighted by Gasteiger charge is 2.23. The van der Waals surface area contributed by atoms with Gasteiger partial charge in [0.25, 0.3) is 0 Å². The third-order valence-corrected chi connectivity index (χ3v) is 5.55. The average Bonchev–Trinajstić information content (AvgIpc) is 2.83. The second-order valence-electron chi connectivity index (χ2n) is 4.35. The Labute approximate surface area is 107 Å². The standard InChI is InChI=1S/C13H21NS2/c1-2-14-12(10-11-6-5-9-15-11)13-7-3-4-8-16-13/h5-6,9,12-14H,2-4,7-8,10H2,1H3. The Morgan fingerprint density at radius 1 is 1.50 bits per heavy atom. The zero-order valence-electron chi connectivity index (χ0n) is 9.95. The molecule has 2 heterocycles. The molecule has 0 spiro atoms. The first-order valence-electron chi connectivity index (χ1n) is 6.27. The molecule has 1 aromatic heterocycles. The average molecular weight is 255 g/mol. The number of thioether (sulfide) groups is 1. The molecule has 2 atom stereocenters. The van der Waals surface area contributed by atoms with E-state index >= 15 is 0 Å². The van der Waals surface area contributed by atoms with Crippen molar-refractivity contribution in [3.8, 4) is 0 Å². The Bertz CT molecular complexity index is 278. The van der Waals surface area contributed by atoms with Crippen LogP contribution in [-0.2, 0) is 6.42 Å². The molecule has 0 amide bonds. The van der Waals surface area contributed by atoms with Gasteiger partial charge in [0.1, 0.15) is 0 Å². The number of hydrogen-bond donors (Lipinski definition) is 1. The van der Waals surface area contributed by atoms with E-state index in [-0.39, 0.29) is 0 Å². The molecule has 0 bridgehead atoms. The minimum Gasteiger partial charge on any atom is -0.313 e. The fourth-order valence-electron chi connectivity index (χ4n) is 2.33. The Balaban J connectivity index is 1.92. The maximum atomic E-state index is 3.68. The van der Waals surface area contributed by atoms with Crippen molar-refractivity contribution < 1.29 is 0 Å². The zero-order chi connectivity index (χ0) is 11.2. The quantitative estimate of drug-likeness (QED) is 0.863. The van der Waals surface area contributed by atoms with Gasteiger partial charge in [-0.05, 0) is 43.0 Å². The molecule has 3 heteroatoms. The summed E-state index contributed by atoms with van der Waals surface area (Å²) in [6, 6.07) is 5.11. The normalized spacial score (nSPS) is 23.2. The van der Waals surface area contributed by atoms with Gasteiger partial charge in [0.05, 0.1) is 0 Å². The fourth-order valence-corrected chi connectivity index (χ4v) is 4.52. The molecule has 0 saturated carbocycles. The van der Waals surface area contributed by atoms with Crippen LogP contribution in [0.3, 0.4) is 0 Å². The van der Waals surface area contributed by atoms with E-state index in [9.17, 15) is 0 Å². The second-order valence-corrected chi connectivity index (χ2v) is 6.73. The molecule has 1 nitrogen and oxygen atoms in total. The minimum absolute atomic E-state index is 0.675. The highest BCUT2D eigenvalue weighted by Crippen LogP contribution is 2.29. The molecule has 90 valence electrons. The van der Waals surface area contributed by atoms with Gasteiger partial charge in [-0.25, -0.2) is 0 Å². The highest BCUT2D eigenvalue weighted by molar-refractivity contribution is 8.00. The Morgan fingerprint density at radius 2 is 2.44 bits per heavy atom. The van der Waals surface area contributed by atoms with Crippen molar-refractivity contribution in [3.63, 3.8) is 0 Å². The van der Waals surface area contributed by atoms with Crippen LogP contribution in [-0.4, -0.2) is 23.6 Å². The van der Waals surface area contributed by atoms with E-state index in [0.29, 0.717) is 6.04 Å². The molecule has 1 aromatic rings. The Hall–Kier alpha value is 0.01000. The van der Waals surface area contributed by atoms with Gasteiger partial charge in [-0.15, -0.1) is 11.3 Å². The fraction of sp³-hybridized carbons (Fsp3) is 0.692. The zero-order valence-corrected chi connectivity index (χ0v) is 11.6. The molecule has 0 aromatic carbocycles. The topological polar surface area (TPSA) is 12.0 Å². The summed E-state index contributed by atoms with van der Waals surface area (Å²) in [6.07, 6.45) is 5.44. The van der Waals surface area contributed by atoms with Crippen LogP contribution < -0.4 is 5.32 Å². The van der Waals surface area contributed by atoms with Crippen molar-refractivity contribution in [2.75, 3.05) is 12.3 Å². The number of thiophene rings is 1. The Kier molecular flexibility index (Phi) is 5.20. The molecule has 1 N–H and O–H groups in total. The van der Waals surface area contributed by atoms with E-state index in [0.717, 1.165) is 11.8 Å². The summed E-state index contributed by atoms with van der Waals surface area (Å²) in [6.45, 7) is 3.31. The van der Waals surface area contributed by atoms with Crippen molar-refractivity contribution in [3.05, 3.63) is 22.4 Å². The number of hydrogen-bond acceptors (Lipinski definition) is 3. The van der Waals surface area contributed by atoms with Crippen LogP contribution >= 0.6 is 23.1 Å². The van der Waals surface area contributed by atoms with Gasteiger partial charge in [0, 0.05) is 16.2 Å². The molecule has 0 aliphatic carbocycles. The molecular formula is C13H21NS2. The van der Waals surface area contributed by atoms with Crippen LogP contribution in [0.4, 0.5) is 0 Å². The lowest BCUT2D eigenvalue weighted by Crippen LogP contribution is -2.40. The predicted molar refractivity (Wildman–Crippen MR) is 75.6 cm³/mol. The van der Waals surface area contributed by atoms with Crippen LogP contribution in [0.1, 0.15) is 31.1 Å². The monoisotopic (exact) mass is 255 g/mol. The summed E-state index contributed by atoms with van der Waals surface area (Å²) >= 11 is 4.07. The van der Waals surface area contributed by atoms with Gasteiger partial charge < -0.3 is 5.32 Å². The number of likely N-dealkylation sites (N-methyl/N-ethyl adjacent to an activating group) is 1. The molecule has 16 heavy (non-hydrogen) atoms. The van der Waals surface area contributed by atoms with Crippen LogP contribution in [0.25, 0.3) is 0 Å². The van der Waals surface area contributed by atoms with E-state index in [2.05, 4.69) is 41.5 Å². The summed E-state index contributed by atoms with van der Waals surface area (Å²) in [5.41, 5.74) is 0. The molecule has 1 saturated heterocycles. The predicted octanol–water partition coefficient (Wildman–Crippen LogP) is 3.55. The minimum atomic E-state index is 0.675. The smallest absolute Gasteiger partial charge is 0.0234 e.